The second kappa shape index (κ2) is 6.01. The predicted molar refractivity (Wildman–Crippen MR) is 73.1 cm³/mol. The minimum Gasteiger partial charge on any atom is -0.394 e. The Morgan fingerprint density at radius 1 is 1.33 bits per heavy atom. The molecule has 1 atom stereocenters. The average Bonchev–Trinajstić information content (AvgIpc) is 2.39. The fourth-order valence-electron chi connectivity index (χ4n) is 1.90. The number of carbonyl (C=O) groups excluding carboxylic acids is 1. The maximum atomic E-state index is 12.4. The molecule has 0 fully saturated rings. The molecule has 18 heavy (non-hydrogen) atoms. The number of aliphatic hydroxyl groups excluding tert-OH is 1. The van der Waals surface area contributed by atoms with Gasteiger partial charge in [0.25, 0.3) is 0 Å². The van der Waals surface area contributed by atoms with Gasteiger partial charge in [-0.15, -0.1) is 0 Å². The molecule has 0 aromatic heterocycles. The van der Waals surface area contributed by atoms with Crippen LogP contribution in [0.1, 0.15) is 38.8 Å². The molecule has 0 aliphatic carbocycles. The van der Waals surface area contributed by atoms with Gasteiger partial charge in [0.15, 0.2) is 0 Å². The van der Waals surface area contributed by atoms with E-state index in [1.165, 1.54) is 0 Å². The first-order chi connectivity index (χ1) is 8.44. The van der Waals surface area contributed by atoms with Gasteiger partial charge in [-0.3, -0.25) is 4.79 Å². The number of hydrogen-bond acceptors (Lipinski definition) is 2. The van der Waals surface area contributed by atoms with Gasteiger partial charge < -0.3 is 10.0 Å². The Morgan fingerprint density at radius 3 is 2.33 bits per heavy atom. The zero-order chi connectivity index (χ0) is 13.8. The fraction of sp³-hybridized carbons (Fsp3) is 0.533. The van der Waals surface area contributed by atoms with Crippen LogP contribution in [0.3, 0.4) is 0 Å². The van der Waals surface area contributed by atoms with E-state index in [9.17, 15) is 9.90 Å². The molecular weight excluding hydrogens is 226 g/mol. The first kappa shape index (κ1) is 14.7. The number of aliphatic hydroxyl groups is 1. The molecule has 3 heteroatoms. The van der Waals surface area contributed by atoms with E-state index in [-0.39, 0.29) is 18.6 Å². The monoisotopic (exact) mass is 249 g/mol. The van der Waals surface area contributed by atoms with Gasteiger partial charge >= 0.3 is 0 Å². The zero-order valence-corrected chi connectivity index (χ0v) is 11.7. The summed E-state index contributed by atoms with van der Waals surface area (Å²) in [6.45, 7) is 5.81. The second-order valence-corrected chi connectivity index (χ2v) is 5.26. The topological polar surface area (TPSA) is 40.5 Å². The van der Waals surface area contributed by atoms with Crippen molar-refractivity contribution < 1.29 is 9.90 Å². The summed E-state index contributed by atoms with van der Waals surface area (Å²) in [5, 5.41) is 9.54. The van der Waals surface area contributed by atoms with Crippen molar-refractivity contribution in [3.63, 3.8) is 0 Å². The summed E-state index contributed by atoms with van der Waals surface area (Å²) in [7, 11) is 1.76. The van der Waals surface area contributed by atoms with E-state index >= 15 is 0 Å². The van der Waals surface area contributed by atoms with E-state index in [4.69, 9.17) is 0 Å². The Kier molecular flexibility index (Phi) is 4.91. The highest BCUT2D eigenvalue weighted by Gasteiger charge is 2.32. The number of carbonyl (C=O) groups is 1. The van der Waals surface area contributed by atoms with E-state index in [1.54, 1.807) is 11.9 Å². The Labute approximate surface area is 109 Å². The Hall–Kier alpha value is -1.35. The molecule has 0 spiro atoms. The van der Waals surface area contributed by atoms with Crippen molar-refractivity contribution in [3.8, 4) is 0 Å². The third-order valence-corrected chi connectivity index (χ3v) is 3.61. The minimum atomic E-state index is -0.392. The van der Waals surface area contributed by atoms with Gasteiger partial charge in [0, 0.05) is 12.5 Å². The number of rotatable bonds is 5. The highest BCUT2D eigenvalue weighted by molar-refractivity contribution is 5.82. The molecule has 1 amide bonds. The standard InChI is InChI=1S/C15H23NO2/c1-5-15(2,3)14(18)16(4)13(11-17)12-9-7-6-8-10-12/h6-10,13,17H,5,11H2,1-4H3/t13-/m0/s1. The van der Waals surface area contributed by atoms with Crippen LogP contribution in [-0.4, -0.2) is 29.6 Å². The lowest BCUT2D eigenvalue weighted by Gasteiger charge is -2.33. The van der Waals surface area contributed by atoms with Gasteiger partial charge in [-0.25, -0.2) is 0 Å². The molecule has 0 saturated carbocycles. The molecule has 0 aliphatic heterocycles. The maximum absolute atomic E-state index is 12.4. The van der Waals surface area contributed by atoms with E-state index in [2.05, 4.69) is 0 Å². The summed E-state index contributed by atoms with van der Waals surface area (Å²) in [4.78, 5) is 14.0. The van der Waals surface area contributed by atoms with E-state index < -0.39 is 5.41 Å². The van der Waals surface area contributed by atoms with Crippen molar-refractivity contribution in [2.24, 2.45) is 5.41 Å². The Bertz CT molecular complexity index is 387. The van der Waals surface area contributed by atoms with E-state index in [0.717, 1.165) is 12.0 Å². The number of likely N-dealkylation sites (N-methyl/N-ethyl adjacent to an activating group) is 1. The molecular formula is C15H23NO2. The lowest BCUT2D eigenvalue weighted by Crippen LogP contribution is -2.41. The van der Waals surface area contributed by atoms with Gasteiger partial charge in [0.2, 0.25) is 5.91 Å². The van der Waals surface area contributed by atoms with Gasteiger partial charge in [0.05, 0.1) is 12.6 Å². The first-order valence-electron chi connectivity index (χ1n) is 6.37. The molecule has 100 valence electrons. The highest BCUT2D eigenvalue weighted by Crippen LogP contribution is 2.27. The first-order valence-corrected chi connectivity index (χ1v) is 6.37. The second-order valence-electron chi connectivity index (χ2n) is 5.26. The molecule has 1 N–H and O–H groups in total. The summed E-state index contributed by atoms with van der Waals surface area (Å²) in [6, 6.07) is 9.36. The Balaban J connectivity index is 2.94. The average molecular weight is 249 g/mol. The Morgan fingerprint density at radius 2 is 1.89 bits per heavy atom. The van der Waals surface area contributed by atoms with Crippen LogP contribution in [0, 0.1) is 5.41 Å². The number of nitrogens with zero attached hydrogens (tertiary/aromatic N) is 1. The van der Waals surface area contributed by atoms with Crippen molar-refractivity contribution in [1.29, 1.82) is 0 Å². The molecule has 0 heterocycles. The van der Waals surface area contributed by atoms with Crippen LogP contribution in [0.2, 0.25) is 0 Å². The molecule has 1 rings (SSSR count). The molecule has 0 bridgehead atoms. The SMILES string of the molecule is CCC(C)(C)C(=O)N(C)[C@@H](CO)c1ccccc1. The molecule has 1 aromatic carbocycles. The van der Waals surface area contributed by atoms with E-state index in [0.29, 0.717) is 0 Å². The number of benzene rings is 1. The van der Waals surface area contributed by atoms with Gasteiger partial charge in [-0.2, -0.15) is 0 Å². The lowest BCUT2D eigenvalue weighted by atomic mass is 9.88. The van der Waals surface area contributed by atoms with E-state index in [1.807, 2.05) is 51.1 Å². The van der Waals surface area contributed by atoms with Crippen LogP contribution in [0.5, 0.6) is 0 Å². The summed E-state index contributed by atoms with van der Waals surface area (Å²) >= 11 is 0. The van der Waals surface area contributed by atoms with Crippen molar-refractivity contribution in [1.82, 2.24) is 4.90 Å². The highest BCUT2D eigenvalue weighted by atomic mass is 16.3. The summed E-state index contributed by atoms with van der Waals surface area (Å²) in [5.74, 6) is 0.0629. The van der Waals surface area contributed by atoms with Crippen LogP contribution in [-0.2, 0) is 4.79 Å². The fourth-order valence-corrected chi connectivity index (χ4v) is 1.90. The normalized spacial score (nSPS) is 13.2. The third kappa shape index (κ3) is 3.10. The van der Waals surface area contributed by atoms with Crippen molar-refractivity contribution in [3.05, 3.63) is 35.9 Å². The molecule has 0 aliphatic rings. The molecule has 3 nitrogen and oxygen atoms in total. The summed E-state index contributed by atoms with van der Waals surface area (Å²) < 4.78 is 0. The lowest BCUT2D eigenvalue weighted by molar-refractivity contribution is -0.142. The van der Waals surface area contributed by atoms with Crippen molar-refractivity contribution in [2.45, 2.75) is 33.2 Å². The third-order valence-electron chi connectivity index (χ3n) is 3.61. The minimum absolute atomic E-state index is 0.0629. The predicted octanol–water partition coefficient (Wildman–Crippen LogP) is 2.61. The largest absolute Gasteiger partial charge is 0.394 e. The van der Waals surface area contributed by atoms with Crippen molar-refractivity contribution >= 4 is 5.91 Å². The van der Waals surface area contributed by atoms with Crippen LogP contribution < -0.4 is 0 Å². The summed E-state index contributed by atoms with van der Waals surface area (Å²) in [5.41, 5.74) is 0.569. The smallest absolute Gasteiger partial charge is 0.228 e. The van der Waals surface area contributed by atoms with Crippen LogP contribution in [0.25, 0.3) is 0 Å². The molecule has 0 saturated heterocycles. The molecule has 0 radical (unpaired) electrons. The van der Waals surface area contributed by atoms with Gasteiger partial charge in [-0.1, -0.05) is 51.1 Å². The quantitative estimate of drug-likeness (QED) is 0.871. The summed E-state index contributed by atoms with van der Waals surface area (Å²) in [6.07, 6.45) is 0.781. The molecule has 1 aromatic rings. The van der Waals surface area contributed by atoms with Gasteiger partial charge in [0.1, 0.15) is 0 Å². The number of hydrogen-bond donors (Lipinski definition) is 1. The molecule has 0 unspecified atom stereocenters. The maximum Gasteiger partial charge on any atom is 0.228 e. The zero-order valence-electron chi connectivity index (χ0n) is 11.7. The van der Waals surface area contributed by atoms with Crippen LogP contribution >= 0.6 is 0 Å². The van der Waals surface area contributed by atoms with Crippen LogP contribution in [0.15, 0.2) is 30.3 Å². The van der Waals surface area contributed by atoms with Crippen LogP contribution in [0.4, 0.5) is 0 Å². The number of amides is 1. The van der Waals surface area contributed by atoms with Gasteiger partial charge in [-0.05, 0) is 12.0 Å². The van der Waals surface area contributed by atoms with Crippen molar-refractivity contribution in [2.75, 3.05) is 13.7 Å².